The molecular weight excluding hydrogens is 474 g/mol. The fraction of sp³-hybridized carbons (Fsp3) is 0.714. The normalized spacial score (nSPS) is 17.4. The predicted molar refractivity (Wildman–Crippen MR) is 144 cm³/mol. The third-order valence-corrected chi connectivity index (χ3v) is 7.32. The van der Waals surface area contributed by atoms with Crippen molar-refractivity contribution in [3.05, 3.63) is 23.8 Å². The molecule has 0 aliphatic carbocycles. The maximum atomic E-state index is 13.3. The fourth-order valence-electron chi connectivity index (χ4n) is 5.25. The van der Waals surface area contributed by atoms with Crippen molar-refractivity contribution in [3.8, 4) is 11.5 Å². The van der Waals surface area contributed by atoms with Crippen LogP contribution in [0, 0.1) is 5.41 Å². The van der Waals surface area contributed by atoms with Gasteiger partial charge in [-0.2, -0.15) is 0 Å². The lowest BCUT2D eigenvalue weighted by Crippen LogP contribution is -2.52. The third-order valence-electron chi connectivity index (χ3n) is 7.32. The molecule has 9 heteroatoms. The molecule has 0 bridgehead atoms. The summed E-state index contributed by atoms with van der Waals surface area (Å²) in [6, 6.07) is 4.88. The molecule has 1 fully saturated rings. The van der Waals surface area contributed by atoms with E-state index in [1.54, 1.807) is 20.2 Å². The Hall–Kier alpha value is -2.36. The summed E-state index contributed by atoms with van der Waals surface area (Å²) in [5, 5.41) is 19.6. The van der Waals surface area contributed by atoms with Crippen LogP contribution in [0.5, 0.6) is 11.5 Å². The molecule has 2 rings (SSSR count). The van der Waals surface area contributed by atoms with Crippen LogP contribution in [-0.4, -0.2) is 76.1 Å². The van der Waals surface area contributed by atoms with Crippen LogP contribution in [0.4, 0.5) is 0 Å². The van der Waals surface area contributed by atoms with E-state index in [1.807, 2.05) is 12.1 Å². The first-order chi connectivity index (χ1) is 17.8. The molecule has 0 saturated carbocycles. The molecule has 3 atom stereocenters. The van der Waals surface area contributed by atoms with Gasteiger partial charge in [0, 0.05) is 25.3 Å². The zero-order valence-corrected chi connectivity index (χ0v) is 23.2. The van der Waals surface area contributed by atoms with Crippen molar-refractivity contribution in [2.75, 3.05) is 40.8 Å². The van der Waals surface area contributed by atoms with E-state index in [0.29, 0.717) is 25.1 Å². The molecule has 4 N–H and O–H groups in total. The minimum Gasteiger partial charge on any atom is -0.504 e. The van der Waals surface area contributed by atoms with Crippen LogP contribution in [0.1, 0.15) is 64.4 Å². The molecule has 1 aromatic rings. The Bertz CT molecular complexity index is 843. The first kappa shape index (κ1) is 30.9. The topological polar surface area (TPSA) is 118 Å². The number of benzene rings is 1. The molecule has 1 aromatic carbocycles. The number of nitrogens with one attached hydrogen (secondary N) is 3. The number of ether oxygens (including phenoxy) is 3. The van der Waals surface area contributed by atoms with Crippen molar-refractivity contribution >= 4 is 11.9 Å². The number of hydrogen-bond acceptors (Lipinski definition) is 9. The number of likely N-dealkylation sites (N-methyl/N-ethyl adjacent to an activating group) is 2. The van der Waals surface area contributed by atoms with Gasteiger partial charge < -0.3 is 35.3 Å². The highest BCUT2D eigenvalue weighted by molar-refractivity contribution is 5.76. The van der Waals surface area contributed by atoms with Crippen molar-refractivity contribution < 1.29 is 28.9 Å². The van der Waals surface area contributed by atoms with Crippen molar-refractivity contribution in [2.24, 2.45) is 5.41 Å². The van der Waals surface area contributed by atoms with E-state index in [1.165, 1.54) is 14.0 Å². The summed E-state index contributed by atoms with van der Waals surface area (Å²) in [4.78, 5) is 25.3. The lowest BCUT2D eigenvalue weighted by molar-refractivity contribution is -0.166. The minimum atomic E-state index is -0.493. The van der Waals surface area contributed by atoms with Gasteiger partial charge in [-0.25, -0.2) is 0 Å². The number of esters is 2. The molecule has 0 amide bonds. The maximum Gasteiger partial charge on any atom is 0.324 e. The van der Waals surface area contributed by atoms with Gasteiger partial charge in [0.15, 0.2) is 11.5 Å². The van der Waals surface area contributed by atoms with Gasteiger partial charge in [-0.05, 0) is 77.0 Å². The summed E-state index contributed by atoms with van der Waals surface area (Å²) in [7, 11) is 5.07. The van der Waals surface area contributed by atoms with Gasteiger partial charge in [0.2, 0.25) is 0 Å². The monoisotopic (exact) mass is 521 g/mol. The van der Waals surface area contributed by atoms with Crippen LogP contribution < -0.4 is 20.7 Å². The molecule has 1 heterocycles. The van der Waals surface area contributed by atoms with Gasteiger partial charge in [0.05, 0.1) is 7.11 Å². The van der Waals surface area contributed by atoms with E-state index >= 15 is 0 Å². The minimum absolute atomic E-state index is 0.0864. The first-order valence-electron chi connectivity index (χ1n) is 13.5. The van der Waals surface area contributed by atoms with Gasteiger partial charge in [0.1, 0.15) is 18.2 Å². The number of phenolic OH excluding ortho intramolecular Hbond substituents is 1. The Balaban J connectivity index is 2.44. The van der Waals surface area contributed by atoms with Crippen LogP contribution in [0.15, 0.2) is 18.2 Å². The average Bonchev–Trinajstić information content (AvgIpc) is 2.88. The number of phenols is 1. The van der Waals surface area contributed by atoms with Crippen LogP contribution in [-0.2, 0) is 25.5 Å². The van der Waals surface area contributed by atoms with Crippen molar-refractivity contribution in [1.82, 2.24) is 16.0 Å². The van der Waals surface area contributed by atoms with Gasteiger partial charge in [-0.1, -0.05) is 25.8 Å². The van der Waals surface area contributed by atoms with Crippen molar-refractivity contribution in [3.63, 3.8) is 0 Å². The number of methoxy groups -OCH3 is 1. The van der Waals surface area contributed by atoms with Crippen molar-refractivity contribution in [2.45, 2.75) is 83.5 Å². The summed E-state index contributed by atoms with van der Waals surface area (Å²) in [6.45, 7) is 5.60. The van der Waals surface area contributed by atoms with Crippen LogP contribution in [0.2, 0.25) is 0 Å². The van der Waals surface area contributed by atoms with Gasteiger partial charge >= 0.3 is 11.9 Å². The van der Waals surface area contributed by atoms with Crippen LogP contribution >= 0.6 is 0 Å². The lowest BCUT2D eigenvalue weighted by Gasteiger charge is -2.44. The average molecular weight is 522 g/mol. The van der Waals surface area contributed by atoms with Gasteiger partial charge in [-0.15, -0.1) is 0 Å². The second-order valence-electron chi connectivity index (χ2n) is 10.1. The second kappa shape index (κ2) is 15.8. The lowest BCUT2D eigenvalue weighted by atomic mass is 9.68. The highest BCUT2D eigenvalue weighted by Gasteiger charge is 2.44. The van der Waals surface area contributed by atoms with E-state index in [2.05, 4.69) is 22.9 Å². The van der Waals surface area contributed by atoms with Gasteiger partial charge in [0.25, 0.3) is 0 Å². The SMILES string of the molecule is CCCCCC(CC(OC(=O)C(CNC)NC)C1(Cc2ccc(O)c(OC)c2)CCNCC1)OC(C)=O. The number of carbonyl (C=O) groups is 2. The predicted octanol–water partition coefficient (Wildman–Crippen LogP) is 2.93. The number of piperidine rings is 1. The zero-order chi connectivity index (χ0) is 27.3. The number of unbranched alkanes of at least 4 members (excludes halogenated alkanes) is 2. The first-order valence-corrected chi connectivity index (χ1v) is 13.5. The summed E-state index contributed by atoms with van der Waals surface area (Å²) in [6.07, 6.45) is 5.68. The molecule has 0 radical (unpaired) electrons. The Morgan fingerprint density at radius 3 is 2.49 bits per heavy atom. The molecule has 1 saturated heterocycles. The highest BCUT2D eigenvalue weighted by Crippen LogP contribution is 2.42. The van der Waals surface area contributed by atoms with Crippen LogP contribution in [0.3, 0.4) is 0 Å². The highest BCUT2D eigenvalue weighted by atomic mass is 16.6. The van der Waals surface area contributed by atoms with E-state index in [4.69, 9.17) is 14.2 Å². The molecule has 0 spiro atoms. The van der Waals surface area contributed by atoms with E-state index in [0.717, 1.165) is 57.2 Å². The Labute approximate surface area is 222 Å². The Kier molecular flexibility index (Phi) is 13.2. The van der Waals surface area contributed by atoms with E-state index < -0.39 is 12.1 Å². The molecule has 1 aliphatic heterocycles. The maximum absolute atomic E-state index is 13.3. The number of rotatable bonds is 16. The van der Waals surface area contributed by atoms with Crippen molar-refractivity contribution in [1.29, 1.82) is 0 Å². The largest absolute Gasteiger partial charge is 0.504 e. The summed E-state index contributed by atoms with van der Waals surface area (Å²) < 4.78 is 17.4. The molecule has 0 aromatic heterocycles. The number of aromatic hydroxyl groups is 1. The zero-order valence-electron chi connectivity index (χ0n) is 23.2. The van der Waals surface area contributed by atoms with E-state index in [9.17, 15) is 14.7 Å². The van der Waals surface area contributed by atoms with Crippen LogP contribution in [0.25, 0.3) is 0 Å². The Morgan fingerprint density at radius 1 is 1.16 bits per heavy atom. The number of hydrogen-bond donors (Lipinski definition) is 4. The second-order valence-corrected chi connectivity index (χ2v) is 10.1. The molecule has 1 aliphatic rings. The third kappa shape index (κ3) is 9.47. The standard InChI is InChI=1S/C28H47N3O6/c1-6-7-8-9-22(36-20(2)32)17-26(37-27(34)23(30-4)19-29-3)28(12-14-31-15-13-28)18-21-10-11-24(33)25(16-21)35-5/h10-11,16,22-23,26,29-31,33H,6-9,12-15,17-19H2,1-5H3. The molecule has 3 unspecified atom stereocenters. The van der Waals surface area contributed by atoms with E-state index in [-0.39, 0.29) is 29.2 Å². The smallest absolute Gasteiger partial charge is 0.324 e. The van der Waals surface area contributed by atoms with Gasteiger partial charge in [-0.3, -0.25) is 9.59 Å². The molecule has 9 nitrogen and oxygen atoms in total. The molecular formula is C28H47N3O6. The molecule has 37 heavy (non-hydrogen) atoms. The molecule has 210 valence electrons. The number of carbonyl (C=O) groups excluding carboxylic acids is 2. The summed E-state index contributed by atoms with van der Waals surface area (Å²) >= 11 is 0. The summed E-state index contributed by atoms with van der Waals surface area (Å²) in [5.74, 6) is -0.143. The summed E-state index contributed by atoms with van der Waals surface area (Å²) in [5.41, 5.74) is 0.622. The Morgan fingerprint density at radius 2 is 1.89 bits per heavy atom. The fourth-order valence-corrected chi connectivity index (χ4v) is 5.25. The quantitative estimate of drug-likeness (QED) is 0.192.